The molecule has 1 aliphatic rings. The summed E-state index contributed by atoms with van der Waals surface area (Å²) in [6, 6.07) is 9.00. The number of carbonyl (C=O) groups is 2. The summed E-state index contributed by atoms with van der Waals surface area (Å²) in [6.07, 6.45) is 3.32. The van der Waals surface area contributed by atoms with Gasteiger partial charge in [-0.3, -0.25) is 14.0 Å². The zero-order valence-corrected chi connectivity index (χ0v) is 15.8. The number of carbonyl (C=O) groups excluding carboxylic acids is 2. The van der Waals surface area contributed by atoms with Gasteiger partial charge < -0.3 is 19.5 Å². The largest absolute Gasteiger partial charge is 0.467 e. The van der Waals surface area contributed by atoms with E-state index in [0.29, 0.717) is 24.4 Å². The third-order valence-electron chi connectivity index (χ3n) is 5.06. The van der Waals surface area contributed by atoms with Crippen LogP contribution < -0.4 is 5.32 Å². The van der Waals surface area contributed by atoms with Crippen LogP contribution in [0.1, 0.15) is 33.8 Å². The van der Waals surface area contributed by atoms with Crippen LogP contribution in [-0.4, -0.2) is 63.7 Å². The number of rotatable bonds is 5. The lowest BCUT2D eigenvalue weighted by atomic mass is 10.3. The Morgan fingerprint density at radius 1 is 1.14 bits per heavy atom. The number of hydrogen-bond donors (Lipinski definition) is 1. The molecule has 0 saturated carbocycles. The Bertz CT molecular complexity index is 971. The molecule has 1 aliphatic heterocycles. The van der Waals surface area contributed by atoms with Gasteiger partial charge in [0.2, 0.25) is 5.82 Å². The number of likely N-dealkylation sites (N-methyl/N-ethyl adjacent to an activating group) is 1. The van der Waals surface area contributed by atoms with E-state index in [1.54, 1.807) is 40.0 Å². The topological polar surface area (TPSA) is 83.1 Å². The Balaban J connectivity index is 1.57. The molecule has 0 unspecified atom stereocenters. The summed E-state index contributed by atoms with van der Waals surface area (Å²) in [6.45, 7) is 6.38. The quantitative estimate of drug-likeness (QED) is 0.726. The number of imidazole rings is 1. The molecule has 1 saturated heterocycles. The zero-order valence-electron chi connectivity index (χ0n) is 15.8. The predicted molar refractivity (Wildman–Crippen MR) is 103 cm³/mol. The lowest BCUT2D eigenvalue weighted by Gasteiger charge is -2.33. The number of piperazine rings is 1. The standard InChI is InChI=1S/C20H23N5O3/c1-2-23-9-11-24(12-10-23)20(27)18-22-17(16-7-3-4-8-25(16)18)19(26)21-14-15-6-5-13-28-15/h3-8,13H,2,9-12,14H2,1H3,(H,21,26). The molecule has 2 amide bonds. The molecule has 1 N–H and O–H groups in total. The van der Waals surface area contributed by atoms with Crippen molar-refractivity contribution in [3.8, 4) is 0 Å². The molecule has 3 aromatic rings. The first kappa shape index (κ1) is 18.2. The second-order valence-electron chi connectivity index (χ2n) is 6.73. The van der Waals surface area contributed by atoms with Gasteiger partial charge in [-0.15, -0.1) is 0 Å². The molecule has 0 bridgehead atoms. The minimum Gasteiger partial charge on any atom is -0.467 e. The van der Waals surface area contributed by atoms with Gasteiger partial charge in [0, 0.05) is 32.4 Å². The van der Waals surface area contributed by atoms with Crippen molar-refractivity contribution in [2.45, 2.75) is 13.5 Å². The third-order valence-corrected chi connectivity index (χ3v) is 5.06. The Kier molecular flexibility index (Phi) is 5.12. The maximum absolute atomic E-state index is 13.1. The van der Waals surface area contributed by atoms with Gasteiger partial charge in [0.15, 0.2) is 5.69 Å². The minimum absolute atomic E-state index is 0.151. The molecule has 3 aromatic heterocycles. The first-order valence-corrected chi connectivity index (χ1v) is 9.46. The van der Waals surface area contributed by atoms with Crippen molar-refractivity contribution in [3.05, 3.63) is 60.1 Å². The minimum atomic E-state index is -0.338. The highest BCUT2D eigenvalue weighted by Crippen LogP contribution is 2.16. The predicted octanol–water partition coefficient (Wildman–Crippen LogP) is 1.63. The van der Waals surface area contributed by atoms with Crippen molar-refractivity contribution in [1.82, 2.24) is 24.5 Å². The lowest BCUT2D eigenvalue weighted by Crippen LogP contribution is -2.48. The van der Waals surface area contributed by atoms with Crippen molar-refractivity contribution in [2.75, 3.05) is 32.7 Å². The fourth-order valence-corrected chi connectivity index (χ4v) is 3.43. The molecule has 0 spiro atoms. The van der Waals surface area contributed by atoms with E-state index in [2.05, 4.69) is 22.1 Å². The van der Waals surface area contributed by atoms with Crippen LogP contribution in [-0.2, 0) is 6.54 Å². The molecule has 8 nitrogen and oxygen atoms in total. The fraction of sp³-hybridized carbons (Fsp3) is 0.350. The molecule has 146 valence electrons. The number of fused-ring (bicyclic) bond motifs is 1. The molecule has 0 radical (unpaired) electrons. The molecular weight excluding hydrogens is 358 g/mol. The van der Waals surface area contributed by atoms with Gasteiger partial charge in [0.1, 0.15) is 5.76 Å². The Hall–Kier alpha value is -3.13. The highest BCUT2D eigenvalue weighted by molar-refractivity contribution is 6.02. The van der Waals surface area contributed by atoms with Crippen LogP contribution in [0.3, 0.4) is 0 Å². The molecule has 8 heteroatoms. The smallest absolute Gasteiger partial charge is 0.290 e. The van der Waals surface area contributed by atoms with Gasteiger partial charge in [0.05, 0.1) is 18.3 Å². The van der Waals surface area contributed by atoms with Crippen molar-refractivity contribution >= 4 is 17.3 Å². The second kappa shape index (κ2) is 7.85. The third kappa shape index (κ3) is 3.50. The van der Waals surface area contributed by atoms with Crippen LogP contribution in [0.4, 0.5) is 0 Å². The van der Waals surface area contributed by atoms with E-state index in [0.717, 1.165) is 19.6 Å². The van der Waals surface area contributed by atoms with Crippen LogP contribution in [0, 0.1) is 0 Å². The maximum atomic E-state index is 13.1. The second-order valence-corrected chi connectivity index (χ2v) is 6.73. The number of nitrogens with one attached hydrogen (secondary N) is 1. The van der Waals surface area contributed by atoms with Crippen molar-refractivity contribution in [3.63, 3.8) is 0 Å². The Morgan fingerprint density at radius 3 is 2.68 bits per heavy atom. The molecule has 4 heterocycles. The number of furan rings is 1. The first-order valence-electron chi connectivity index (χ1n) is 9.46. The van der Waals surface area contributed by atoms with Crippen molar-refractivity contribution < 1.29 is 14.0 Å². The summed E-state index contributed by atoms with van der Waals surface area (Å²) in [5.74, 6) is 0.433. The number of amides is 2. The summed E-state index contributed by atoms with van der Waals surface area (Å²) in [5, 5.41) is 2.80. The van der Waals surface area contributed by atoms with E-state index in [1.807, 2.05) is 12.1 Å². The van der Waals surface area contributed by atoms with Crippen LogP contribution in [0.2, 0.25) is 0 Å². The number of pyridine rings is 1. The van der Waals surface area contributed by atoms with Crippen LogP contribution in [0.25, 0.3) is 5.52 Å². The van der Waals surface area contributed by atoms with Crippen molar-refractivity contribution in [2.24, 2.45) is 0 Å². The van der Waals surface area contributed by atoms with E-state index in [4.69, 9.17) is 4.42 Å². The molecule has 28 heavy (non-hydrogen) atoms. The van der Waals surface area contributed by atoms with Crippen LogP contribution in [0.15, 0.2) is 47.2 Å². The maximum Gasteiger partial charge on any atom is 0.290 e. The summed E-state index contributed by atoms with van der Waals surface area (Å²) in [4.78, 5) is 34.3. The van der Waals surface area contributed by atoms with E-state index in [9.17, 15) is 9.59 Å². The molecule has 0 aromatic carbocycles. The SMILES string of the molecule is CCN1CCN(C(=O)c2nc(C(=O)NCc3ccco3)c3ccccn23)CC1. The molecule has 4 rings (SSSR count). The Labute approximate surface area is 162 Å². The van der Waals surface area contributed by atoms with Gasteiger partial charge in [-0.1, -0.05) is 13.0 Å². The average molecular weight is 381 g/mol. The van der Waals surface area contributed by atoms with Gasteiger partial charge >= 0.3 is 0 Å². The molecule has 1 fully saturated rings. The van der Waals surface area contributed by atoms with Gasteiger partial charge in [0.25, 0.3) is 11.8 Å². The molecular formula is C20H23N5O3. The zero-order chi connectivity index (χ0) is 19.5. The Morgan fingerprint density at radius 2 is 1.96 bits per heavy atom. The molecule has 0 atom stereocenters. The summed E-state index contributed by atoms with van der Waals surface area (Å²) >= 11 is 0. The fourth-order valence-electron chi connectivity index (χ4n) is 3.43. The van der Waals surface area contributed by atoms with Crippen LogP contribution >= 0.6 is 0 Å². The highest BCUT2D eigenvalue weighted by Gasteiger charge is 2.27. The number of nitrogens with zero attached hydrogens (tertiary/aromatic N) is 4. The average Bonchev–Trinajstić information content (AvgIpc) is 3.39. The van der Waals surface area contributed by atoms with Crippen LogP contribution in [0.5, 0.6) is 0 Å². The van der Waals surface area contributed by atoms with Gasteiger partial charge in [-0.05, 0) is 30.8 Å². The lowest BCUT2D eigenvalue weighted by molar-refractivity contribution is 0.0630. The number of hydrogen-bond acceptors (Lipinski definition) is 5. The van der Waals surface area contributed by atoms with Gasteiger partial charge in [-0.25, -0.2) is 4.98 Å². The van der Waals surface area contributed by atoms with Crippen molar-refractivity contribution in [1.29, 1.82) is 0 Å². The normalized spacial score (nSPS) is 15.1. The monoisotopic (exact) mass is 381 g/mol. The van der Waals surface area contributed by atoms with E-state index in [1.165, 1.54) is 0 Å². The van der Waals surface area contributed by atoms with Gasteiger partial charge in [-0.2, -0.15) is 0 Å². The summed E-state index contributed by atoms with van der Waals surface area (Å²) in [5.41, 5.74) is 0.845. The summed E-state index contributed by atoms with van der Waals surface area (Å²) in [7, 11) is 0. The molecule has 0 aliphatic carbocycles. The van der Waals surface area contributed by atoms with E-state index >= 15 is 0 Å². The van der Waals surface area contributed by atoms with E-state index < -0.39 is 0 Å². The summed E-state index contributed by atoms with van der Waals surface area (Å²) < 4.78 is 6.93. The number of aromatic nitrogens is 2. The van der Waals surface area contributed by atoms with E-state index in [-0.39, 0.29) is 29.9 Å². The first-order chi connectivity index (χ1) is 13.7. The highest BCUT2D eigenvalue weighted by atomic mass is 16.3.